The summed E-state index contributed by atoms with van der Waals surface area (Å²) in [6.07, 6.45) is 1.95. The lowest BCUT2D eigenvalue weighted by Crippen LogP contribution is -2.40. The van der Waals surface area contributed by atoms with Crippen LogP contribution in [0.1, 0.15) is 29.2 Å². The minimum atomic E-state index is -0.0637. The average Bonchev–Trinajstić information content (AvgIpc) is 2.75. The molecule has 1 saturated heterocycles. The molecule has 1 aliphatic heterocycles. The number of aliphatic hydroxyl groups is 1. The van der Waals surface area contributed by atoms with Crippen LogP contribution in [0, 0.1) is 12.8 Å². The second-order valence-electron chi connectivity index (χ2n) is 4.35. The molecular weight excluding hydrogens is 206 g/mol. The smallest absolute Gasteiger partial charge is 0.289 e. The van der Waals surface area contributed by atoms with Crippen LogP contribution < -0.4 is 0 Å². The molecule has 1 amide bonds. The fraction of sp³-hybridized carbons (Fsp3) is 0.583. The maximum absolute atomic E-state index is 12.0. The van der Waals surface area contributed by atoms with E-state index in [9.17, 15) is 4.79 Å². The van der Waals surface area contributed by atoms with E-state index >= 15 is 0 Å². The number of amides is 1. The Morgan fingerprint density at radius 2 is 2.44 bits per heavy atom. The molecular formula is C12H17NO3. The third-order valence-electron chi connectivity index (χ3n) is 3.02. The molecule has 0 aliphatic carbocycles. The van der Waals surface area contributed by atoms with Crippen LogP contribution in [0.25, 0.3) is 0 Å². The summed E-state index contributed by atoms with van der Waals surface area (Å²) >= 11 is 0. The van der Waals surface area contributed by atoms with Crippen LogP contribution in [-0.2, 0) is 0 Å². The van der Waals surface area contributed by atoms with Crippen molar-refractivity contribution in [1.29, 1.82) is 0 Å². The fourth-order valence-corrected chi connectivity index (χ4v) is 2.10. The lowest BCUT2D eigenvalue weighted by Gasteiger charge is -2.31. The van der Waals surface area contributed by atoms with Crippen LogP contribution in [0.4, 0.5) is 0 Å². The second-order valence-corrected chi connectivity index (χ2v) is 4.35. The van der Waals surface area contributed by atoms with Crippen molar-refractivity contribution in [3.05, 3.63) is 23.7 Å². The Hall–Kier alpha value is -1.29. The van der Waals surface area contributed by atoms with Crippen LogP contribution in [0.15, 0.2) is 16.5 Å². The molecule has 0 saturated carbocycles. The number of nitrogens with zero attached hydrogens (tertiary/aromatic N) is 1. The Labute approximate surface area is 94.9 Å². The van der Waals surface area contributed by atoms with E-state index in [1.165, 1.54) is 0 Å². The van der Waals surface area contributed by atoms with Gasteiger partial charge in [-0.25, -0.2) is 0 Å². The topological polar surface area (TPSA) is 53.7 Å². The number of aliphatic hydroxyl groups excluding tert-OH is 1. The molecule has 1 atom stereocenters. The summed E-state index contributed by atoms with van der Waals surface area (Å²) in [5, 5.41) is 9.10. The van der Waals surface area contributed by atoms with E-state index in [1.54, 1.807) is 17.0 Å². The first-order valence-corrected chi connectivity index (χ1v) is 5.67. The Bertz CT molecular complexity index is 372. The first kappa shape index (κ1) is 11.2. The number of aryl methyl sites for hydroxylation is 1. The van der Waals surface area contributed by atoms with Crippen molar-refractivity contribution in [2.45, 2.75) is 19.8 Å². The molecule has 0 bridgehead atoms. The van der Waals surface area contributed by atoms with Crippen LogP contribution >= 0.6 is 0 Å². The highest BCUT2D eigenvalue weighted by Crippen LogP contribution is 2.18. The van der Waals surface area contributed by atoms with Gasteiger partial charge in [-0.2, -0.15) is 0 Å². The van der Waals surface area contributed by atoms with Gasteiger partial charge in [-0.1, -0.05) is 0 Å². The highest BCUT2D eigenvalue weighted by molar-refractivity contribution is 5.91. The second kappa shape index (κ2) is 4.70. The largest absolute Gasteiger partial charge is 0.456 e. The van der Waals surface area contributed by atoms with Crippen molar-refractivity contribution in [3.8, 4) is 0 Å². The van der Waals surface area contributed by atoms with E-state index in [4.69, 9.17) is 9.52 Å². The monoisotopic (exact) mass is 223 g/mol. The molecule has 1 aromatic heterocycles. The Kier molecular flexibility index (Phi) is 3.29. The summed E-state index contributed by atoms with van der Waals surface area (Å²) in [7, 11) is 0. The number of carbonyl (C=O) groups excluding carboxylic acids is 1. The van der Waals surface area contributed by atoms with E-state index in [-0.39, 0.29) is 18.4 Å². The van der Waals surface area contributed by atoms with Gasteiger partial charge in [-0.3, -0.25) is 4.79 Å². The first-order valence-electron chi connectivity index (χ1n) is 5.67. The number of furan rings is 1. The zero-order valence-electron chi connectivity index (χ0n) is 9.48. The van der Waals surface area contributed by atoms with Gasteiger partial charge < -0.3 is 14.4 Å². The minimum Gasteiger partial charge on any atom is -0.456 e. The molecule has 1 aromatic rings. The summed E-state index contributed by atoms with van der Waals surface area (Å²) in [5.74, 6) is 1.30. The van der Waals surface area contributed by atoms with Crippen LogP contribution in [0.5, 0.6) is 0 Å². The van der Waals surface area contributed by atoms with Gasteiger partial charge in [-0.05, 0) is 37.8 Å². The molecule has 2 rings (SSSR count). The number of hydrogen-bond acceptors (Lipinski definition) is 3. The number of piperidine rings is 1. The molecule has 0 radical (unpaired) electrons. The summed E-state index contributed by atoms with van der Waals surface area (Å²) < 4.78 is 5.31. The van der Waals surface area contributed by atoms with Crippen molar-refractivity contribution in [1.82, 2.24) is 4.90 Å². The Morgan fingerprint density at radius 1 is 1.62 bits per heavy atom. The quantitative estimate of drug-likeness (QED) is 0.825. The number of likely N-dealkylation sites (tertiary alicyclic amines) is 1. The van der Waals surface area contributed by atoms with E-state index in [2.05, 4.69) is 0 Å². The van der Waals surface area contributed by atoms with Crippen molar-refractivity contribution >= 4 is 5.91 Å². The number of rotatable bonds is 2. The molecule has 0 aromatic carbocycles. The minimum absolute atomic E-state index is 0.0637. The summed E-state index contributed by atoms with van der Waals surface area (Å²) in [4.78, 5) is 13.8. The lowest BCUT2D eigenvalue weighted by molar-refractivity contribution is 0.0589. The zero-order valence-corrected chi connectivity index (χ0v) is 9.48. The fourth-order valence-electron chi connectivity index (χ4n) is 2.10. The molecule has 1 unspecified atom stereocenters. The maximum Gasteiger partial charge on any atom is 0.289 e. The van der Waals surface area contributed by atoms with Gasteiger partial charge in [0.15, 0.2) is 5.76 Å². The number of hydrogen-bond donors (Lipinski definition) is 1. The lowest BCUT2D eigenvalue weighted by atomic mass is 9.99. The van der Waals surface area contributed by atoms with Gasteiger partial charge in [-0.15, -0.1) is 0 Å². The average molecular weight is 223 g/mol. The van der Waals surface area contributed by atoms with E-state index in [0.717, 1.165) is 25.1 Å². The summed E-state index contributed by atoms with van der Waals surface area (Å²) in [5.41, 5.74) is 0. The maximum atomic E-state index is 12.0. The van der Waals surface area contributed by atoms with Crippen molar-refractivity contribution in [2.24, 2.45) is 5.92 Å². The normalized spacial score (nSPS) is 21.1. The van der Waals surface area contributed by atoms with Gasteiger partial charge in [0.1, 0.15) is 5.76 Å². The SMILES string of the molecule is Cc1ccc(C(=O)N2CCCC(CO)C2)o1. The highest BCUT2D eigenvalue weighted by atomic mass is 16.3. The van der Waals surface area contributed by atoms with Crippen LogP contribution in [0.2, 0.25) is 0 Å². The van der Waals surface area contributed by atoms with E-state index in [0.29, 0.717) is 12.3 Å². The molecule has 1 fully saturated rings. The molecule has 4 nitrogen and oxygen atoms in total. The van der Waals surface area contributed by atoms with Crippen molar-refractivity contribution in [3.63, 3.8) is 0 Å². The van der Waals surface area contributed by atoms with Gasteiger partial charge in [0.05, 0.1) is 0 Å². The molecule has 1 aliphatic rings. The Balaban J connectivity index is 2.04. The Morgan fingerprint density at radius 3 is 3.06 bits per heavy atom. The highest BCUT2D eigenvalue weighted by Gasteiger charge is 2.25. The van der Waals surface area contributed by atoms with Gasteiger partial charge in [0.2, 0.25) is 0 Å². The molecule has 2 heterocycles. The van der Waals surface area contributed by atoms with Gasteiger partial charge in [0.25, 0.3) is 5.91 Å². The standard InChI is InChI=1S/C12H17NO3/c1-9-4-5-11(16-9)12(15)13-6-2-3-10(7-13)8-14/h4-5,10,14H,2-3,6-8H2,1H3. The van der Waals surface area contributed by atoms with Crippen molar-refractivity contribution in [2.75, 3.05) is 19.7 Å². The molecule has 0 spiro atoms. The van der Waals surface area contributed by atoms with E-state index in [1.807, 2.05) is 6.92 Å². The molecule has 88 valence electrons. The van der Waals surface area contributed by atoms with Crippen LogP contribution in [-0.4, -0.2) is 35.6 Å². The van der Waals surface area contributed by atoms with E-state index < -0.39 is 0 Å². The molecule has 1 N–H and O–H groups in total. The van der Waals surface area contributed by atoms with Crippen molar-refractivity contribution < 1.29 is 14.3 Å². The van der Waals surface area contributed by atoms with Gasteiger partial charge >= 0.3 is 0 Å². The molecule has 16 heavy (non-hydrogen) atoms. The third kappa shape index (κ3) is 2.27. The number of carbonyl (C=O) groups is 1. The molecule has 4 heteroatoms. The summed E-state index contributed by atoms with van der Waals surface area (Å²) in [6, 6.07) is 3.50. The zero-order chi connectivity index (χ0) is 11.5. The van der Waals surface area contributed by atoms with Gasteiger partial charge in [0, 0.05) is 19.7 Å². The van der Waals surface area contributed by atoms with Crippen LogP contribution in [0.3, 0.4) is 0 Å². The predicted molar refractivity (Wildman–Crippen MR) is 59.2 cm³/mol. The first-order chi connectivity index (χ1) is 7.70. The predicted octanol–water partition coefficient (Wildman–Crippen LogP) is 1.43. The third-order valence-corrected chi connectivity index (χ3v) is 3.02. The summed E-state index contributed by atoms with van der Waals surface area (Å²) in [6.45, 7) is 3.37.